The van der Waals surface area contributed by atoms with Gasteiger partial charge in [0.15, 0.2) is 12.2 Å². The predicted molar refractivity (Wildman–Crippen MR) is 69.4 cm³/mol. The Bertz CT molecular complexity index is 501. The highest BCUT2D eigenvalue weighted by Gasteiger charge is 2.32. The Kier molecular flexibility index (Phi) is 2.80. The molecule has 0 atom stereocenters. The number of hydrogen-bond donors (Lipinski definition) is 1. The van der Waals surface area contributed by atoms with Gasteiger partial charge in [-0.05, 0) is 24.3 Å². The number of nitrogens with one attached hydrogen (secondary N) is 1. The van der Waals surface area contributed by atoms with Crippen LogP contribution in [0, 0.1) is 5.41 Å². The zero-order valence-corrected chi connectivity index (χ0v) is 10.3. The molecule has 0 aliphatic carbocycles. The molecule has 1 saturated heterocycles. The highest BCUT2D eigenvalue weighted by molar-refractivity contribution is 5.60. The molecule has 1 aromatic heterocycles. The fourth-order valence-corrected chi connectivity index (χ4v) is 1.98. The van der Waals surface area contributed by atoms with Crippen LogP contribution < -0.4 is 5.32 Å². The van der Waals surface area contributed by atoms with Gasteiger partial charge in [0.2, 0.25) is 0 Å². The molecule has 1 aliphatic rings. The maximum absolute atomic E-state index is 5.25. The van der Waals surface area contributed by atoms with Crippen LogP contribution in [-0.2, 0) is 4.74 Å². The van der Waals surface area contributed by atoms with Crippen LogP contribution in [0.4, 0.5) is 5.69 Å². The Balaban J connectivity index is 1.64. The largest absolute Gasteiger partial charge is 0.444 e. The molecule has 1 aliphatic heterocycles. The van der Waals surface area contributed by atoms with Gasteiger partial charge in [-0.1, -0.05) is 6.92 Å². The SMILES string of the molecule is CC1(CNc2ccc(-c3cnco3)cc2)COC1. The third kappa shape index (κ3) is 2.24. The molecule has 1 aromatic carbocycles. The van der Waals surface area contributed by atoms with Gasteiger partial charge in [-0.3, -0.25) is 0 Å². The molecule has 94 valence electrons. The molecule has 0 amide bonds. The van der Waals surface area contributed by atoms with E-state index in [9.17, 15) is 0 Å². The lowest BCUT2D eigenvalue weighted by atomic mass is 9.88. The number of hydrogen-bond acceptors (Lipinski definition) is 4. The molecule has 0 bridgehead atoms. The molecular weight excluding hydrogens is 228 g/mol. The van der Waals surface area contributed by atoms with E-state index < -0.39 is 0 Å². The second-order valence-corrected chi connectivity index (χ2v) is 5.10. The number of ether oxygens (including phenoxy) is 1. The second-order valence-electron chi connectivity index (χ2n) is 5.10. The van der Waals surface area contributed by atoms with Gasteiger partial charge in [0, 0.05) is 23.2 Å². The number of nitrogens with zero attached hydrogens (tertiary/aromatic N) is 1. The first-order valence-electron chi connectivity index (χ1n) is 6.06. The van der Waals surface area contributed by atoms with Gasteiger partial charge in [-0.25, -0.2) is 4.98 Å². The molecule has 2 heterocycles. The summed E-state index contributed by atoms with van der Waals surface area (Å²) in [5, 5.41) is 3.43. The average Bonchev–Trinajstić information content (AvgIpc) is 2.88. The maximum atomic E-state index is 5.25. The normalized spacial score (nSPS) is 17.2. The summed E-state index contributed by atoms with van der Waals surface area (Å²) in [6.45, 7) is 4.85. The van der Waals surface area contributed by atoms with Gasteiger partial charge in [0.1, 0.15) is 0 Å². The predicted octanol–water partition coefficient (Wildman–Crippen LogP) is 2.79. The van der Waals surface area contributed by atoms with Crippen molar-refractivity contribution in [3.8, 4) is 11.3 Å². The first-order valence-corrected chi connectivity index (χ1v) is 6.06. The lowest BCUT2D eigenvalue weighted by molar-refractivity contribution is -0.0924. The quantitative estimate of drug-likeness (QED) is 0.898. The highest BCUT2D eigenvalue weighted by atomic mass is 16.5. The zero-order valence-electron chi connectivity index (χ0n) is 10.3. The first-order chi connectivity index (χ1) is 8.75. The van der Waals surface area contributed by atoms with E-state index in [2.05, 4.69) is 29.4 Å². The number of anilines is 1. The minimum Gasteiger partial charge on any atom is -0.444 e. The summed E-state index contributed by atoms with van der Waals surface area (Å²) in [7, 11) is 0. The Morgan fingerprint density at radius 2 is 2.06 bits per heavy atom. The van der Waals surface area contributed by atoms with E-state index in [1.165, 1.54) is 6.39 Å². The summed E-state index contributed by atoms with van der Waals surface area (Å²) in [5.74, 6) is 0.793. The van der Waals surface area contributed by atoms with Crippen LogP contribution in [0.2, 0.25) is 0 Å². The summed E-state index contributed by atoms with van der Waals surface area (Å²) in [5.41, 5.74) is 2.44. The van der Waals surface area contributed by atoms with Crippen molar-refractivity contribution < 1.29 is 9.15 Å². The minimum absolute atomic E-state index is 0.281. The van der Waals surface area contributed by atoms with Crippen molar-refractivity contribution in [1.82, 2.24) is 4.98 Å². The Morgan fingerprint density at radius 3 is 2.61 bits per heavy atom. The molecule has 1 N–H and O–H groups in total. The summed E-state index contributed by atoms with van der Waals surface area (Å²) in [4.78, 5) is 3.91. The van der Waals surface area contributed by atoms with Crippen LogP contribution in [0.1, 0.15) is 6.92 Å². The fourth-order valence-electron chi connectivity index (χ4n) is 1.98. The Hall–Kier alpha value is -1.81. The monoisotopic (exact) mass is 244 g/mol. The van der Waals surface area contributed by atoms with Gasteiger partial charge in [0.05, 0.1) is 19.4 Å². The minimum atomic E-state index is 0.281. The smallest absolute Gasteiger partial charge is 0.181 e. The van der Waals surface area contributed by atoms with Crippen LogP contribution >= 0.6 is 0 Å². The molecule has 4 heteroatoms. The van der Waals surface area contributed by atoms with Crippen LogP contribution in [0.3, 0.4) is 0 Å². The summed E-state index contributed by atoms with van der Waals surface area (Å²) in [6, 6.07) is 8.17. The zero-order chi connectivity index (χ0) is 12.4. The number of benzene rings is 1. The van der Waals surface area contributed by atoms with Crippen LogP contribution in [-0.4, -0.2) is 24.7 Å². The van der Waals surface area contributed by atoms with Crippen molar-refractivity contribution in [2.24, 2.45) is 5.41 Å². The number of oxazole rings is 1. The average molecular weight is 244 g/mol. The lowest BCUT2D eigenvalue weighted by Gasteiger charge is -2.38. The summed E-state index contributed by atoms with van der Waals surface area (Å²) < 4.78 is 10.5. The molecule has 2 aromatic rings. The van der Waals surface area contributed by atoms with Gasteiger partial charge in [-0.15, -0.1) is 0 Å². The molecule has 1 fully saturated rings. The van der Waals surface area contributed by atoms with Crippen molar-refractivity contribution in [2.75, 3.05) is 25.1 Å². The van der Waals surface area contributed by atoms with Gasteiger partial charge < -0.3 is 14.5 Å². The van der Waals surface area contributed by atoms with Crippen LogP contribution in [0.25, 0.3) is 11.3 Å². The van der Waals surface area contributed by atoms with Crippen molar-refractivity contribution in [3.05, 3.63) is 36.9 Å². The van der Waals surface area contributed by atoms with E-state index >= 15 is 0 Å². The molecule has 18 heavy (non-hydrogen) atoms. The van der Waals surface area contributed by atoms with Crippen molar-refractivity contribution in [3.63, 3.8) is 0 Å². The molecule has 0 saturated carbocycles. The fraction of sp³-hybridized carbons (Fsp3) is 0.357. The van der Waals surface area contributed by atoms with E-state index in [1.54, 1.807) is 6.20 Å². The van der Waals surface area contributed by atoms with E-state index in [4.69, 9.17) is 9.15 Å². The van der Waals surface area contributed by atoms with Crippen LogP contribution in [0.5, 0.6) is 0 Å². The van der Waals surface area contributed by atoms with Crippen molar-refractivity contribution in [1.29, 1.82) is 0 Å². The van der Waals surface area contributed by atoms with E-state index in [1.807, 2.05) is 12.1 Å². The molecule has 0 radical (unpaired) electrons. The standard InChI is InChI=1S/C14H16N2O2/c1-14(8-17-9-14)7-16-12-4-2-11(3-5-12)13-6-15-10-18-13/h2-6,10,16H,7-9H2,1H3. The van der Waals surface area contributed by atoms with Crippen molar-refractivity contribution in [2.45, 2.75) is 6.92 Å². The second kappa shape index (κ2) is 4.46. The third-order valence-electron chi connectivity index (χ3n) is 3.22. The Morgan fingerprint density at radius 1 is 1.28 bits per heavy atom. The van der Waals surface area contributed by atoms with Crippen LogP contribution in [0.15, 0.2) is 41.3 Å². The number of aromatic nitrogens is 1. The molecule has 0 unspecified atom stereocenters. The summed E-state index contributed by atoms with van der Waals surface area (Å²) >= 11 is 0. The summed E-state index contributed by atoms with van der Waals surface area (Å²) in [6.07, 6.45) is 3.16. The van der Waals surface area contributed by atoms with Crippen molar-refractivity contribution >= 4 is 5.69 Å². The molecule has 0 spiro atoms. The number of rotatable bonds is 4. The first kappa shape index (κ1) is 11.3. The topological polar surface area (TPSA) is 47.3 Å². The van der Waals surface area contributed by atoms with E-state index in [0.717, 1.165) is 36.8 Å². The highest BCUT2D eigenvalue weighted by Crippen LogP contribution is 2.27. The maximum Gasteiger partial charge on any atom is 0.181 e. The molecule has 4 nitrogen and oxygen atoms in total. The van der Waals surface area contributed by atoms with E-state index in [0.29, 0.717) is 0 Å². The van der Waals surface area contributed by atoms with Gasteiger partial charge >= 0.3 is 0 Å². The third-order valence-corrected chi connectivity index (χ3v) is 3.22. The van der Waals surface area contributed by atoms with Gasteiger partial charge in [-0.2, -0.15) is 0 Å². The lowest BCUT2D eigenvalue weighted by Crippen LogP contribution is -2.45. The molecule has 3 rings (SSSR count). The van der Waals surface area contributed by atoms with E-state index in [-0.39, 0.29) is 5.41 Å². The molecular formula is C14H16N2O2. The Labute approximate surface area is 106 Å². The van der Waals surface area contributed by atoms with Gasteiger partial charge in [0.25, 0.3) is 0 Å².